The van der Waals surface area contributed by atoms with Crippen LogP contribution in [-0.2, 0) is 16.0 Å². The molecule has 0 aromatic heterocycles. The minimum atomic E-state index is -0.159. The Morgan fingerprint density at radius 3 is 2.93 bits per heavy atom. The van der Waals surface area contributed by atoms with Crippen molar-refractivity contribution < 1.29 is 9.53 Å². The monoisotopic (exact) mass is 338 g/mol. The van der Waals surface area contributed by atoms with Gasteiger partial charge in [-0.15, -0.1) is 0 Å². The predicted octanol–water partition coefficient (Wildman–Crippen LogP) is 3.44. The largest absolute Gasteiger partial charge is 0.466 e. The first kappa shape index (κ1) is 12.8. The lowest BCUT2D eigenvalue weighted by atomic mass is 10.1. The van der Waals surface area contributed by atoms with Gasteiger partial charge in [0.15, 0.2) is 0 Å². The molecule has 0 aliphatic carbocycles. The van der Waals surface area contributed by atoms with E-state index in [4.69, 9.17) is 16.3 Å². The maximum Gasteiger partial charge on any atom is 0.306 e. The number of hydrogen-bond donors (Lipinski definition) is 0. The van der Waals surface area contributed by atoms with Crippen LogP contribution in [0.3, 0.4) is 0 Å². The molecule has 0 spiro atoms. The van der Waals surface area contributed by atoms with Crippen molar-refractivity contribution in [2.24, 2.45) is 0 Å². The highest BCUT2D eigenvalue weighted by Crippen LogP contribution is 2.19. The van der Waals surface area contributed by atoms with Crippen LogP contribution < -0.4 is 0 Å². The fourth-order valence-electron chi connectivity index (χ4n) is 1.20. The second-order valence-electron chi connectivity index (χ2n) is 3.04. The molecule has 0 saturated heterocycles. The summed E-state index contributed by atoms with van der Waals surface area (Å²) < 4.78 is 5.99. The van der Waals surface area contributed by atoms with E-state index in [9.17, 15) is 4.79 Å². The highest BCUT2D eigenvalue weighted by atomic mass is 127. The van der Waals surface area contributed by atoms with Crippen molar-refractivity contribution in [2.45, 2.75) is 19.8 Å². The minimum absolute atomic E-state index is 0.159. The van der Waals surface area contributed by atoms with Gasteiger partial charge in [0.2, 0.25) is 0 Å². The van der Waals surface area contributed by atoms with Crippen molar-refractivity contribution in [3.8, 4) is 0 Å². The summed E-state index contributed by atoms with van der Waals surface area (Å²) in [5, 5.41) is 0.703. The van der Waals surface area contributed by atoms with Gasteiger partial charge in [-0.25, -0.2) is 0 Å². The molecule has 0 aliphatic heterocycles. The van der Waals surface area contributed by atoms with E-state index in [2.05, 4.69) is 22.6 Å². The Morgan fingerprint density at radius 2 is 2.27 bits per heavy atom. The van der Waals surface area contributed by atoms with Crippen LogP contribution in [0.25, 0.3) is 0 Å². The second-order valence-corrected chi connectivity index (χ2v) is 4.64. The number of esters is 1. The van der Waals surface area contributed by atoms with Crippen LogP contribution in [0.5, 0.6) is 0 Å². The molecule has 2 nitrogen and oxygen atoms in total. The average Bonchev–Trinajstić information content (AvgIpc) is 2.20. The Labute approximate surface area is 108 Å². The number of rotatable bonds is 4. The standard InChI is InChI=1S/C11H12ClIO2/c1-2-15-11(14)6-3-8-7-9(12)4-5-10(8)13/h4-5,7H,2-3,6H2,1H3. The Balaban J connectivity index is 2.57. The first-order chi connectivity index (χ1) is 7.13. The van der Waals surface area contributed by atoms with E-state index >= 15 is 0 Å². The van der Waals surface area contributed by atoms with Crippen molar-refractivity contribution in [3.05, 3.63) is 32.4 Å². The highest BCUT2D eigenvalue weighted by molar-refractivity contribution is 14.1. The molecule has 0 saturated carbocycles. The molecule has 0 fully saturated rings. The molecular weight excluding hydrogens is 326 g/mol. The number of benzene rings is 1. The maximum absolute atomic E-state index is 11.2. The fraction of sp³-hybridized carbons (Fsp3) is 0.364. The van der Waals surface area contributed by atoms with Gasteiger partial charge < -0.3 is 4.74 Å². The van der Waals surface area contributed by atoms with Crippen molar-refractivity contribution >= 4 is 40.2 Å². The molecule has 15 heavy (non-hydrogen) atoms. The van der Waals surface area contributed by atoms with Crippen LogP contribution in [0, 0.1) is 3.57 Å². The van der Waals surface area contributed by atoms with Crippen LogP contribution >= 0.6 is 34.2 Å². The molecule has 0 bridgehead atoms. The normalized spacial score (nSPS) is 10.1. The maximum atomic E-state index is 11.2. The molecule has 0 N–H and O–H groups in total. The summed E-state index contributed by atoms with van der Waals surface area (Å²) in [7, 11) is 0. The van der Waals surface area contributed by atoms with E-state index in [0.29, 0.717) is 24.5 Å². The topological polar surface area (TPSA) is 26.3 Å². The molecule has 0 unspecified atom stereocenters. The molecule has 1 rings (SSSR count). The molecular formula is C11H12ClIO2. The molecule has 1 aromatic rings. The van der Waals surface area contributed by atoms with E-state index in [1.807, 2.05) is 18.2 Å². The molecule has 0 aliphatic rings. The van der Waals surface area contributed by atoms with E-state index < -0.39 is 0 Å². The van der Waals surface area contributed by atoms with E-state index in [1.54, 1.807) is 6.92 Å². The molecule has 1 aromatic carbocycles. The van der Waals surface area contributed by atoms with Gasteiger partial charge in [0.25, 0.3) is 0 Å². The van der Waals surface area contributed by atoms with Crippen molar-refractivity contribution in [3.63, 3.8) is 0 Å². The first-order valence-electron chi connectivity index (χ1n) is 4.73. The van der Waals surface area contributed by atoms with Gasteiger partial charge in [-0.3, -0.25) is 4.79 Å². The molecule has 0 amide bonds. The second kappa shape index (κ2) is 6.33. The van der Waals surface area contributed by atoms with Gasteiger partial charge in [0.1, 0.15) is 0 Å². The fourth-order valence-corrected chi connectivity index (χ4v) is 2.00. The number of hydrogen-bond acceptors (Lipinski definition) is 2. The smallest absolute Gasteiger partial charge is 0.306 e. The zero-order valence-corrected chi connectivity index (χ0v) is 11.3. The van der Waals surface area contributed by atoms with Crippen LogP contribution in [0.15, 0.2) is 18.2 Å². The molecule has 0 atom stereocenters. The molecule has 0 heterocycles. The lowest BCUT2D eigenvalue weighted by Gasteiger charge is -2.05. The van der Waals surface area contributed by atoms with Gasteiger partial charge in [0.05, 0.1) is 6.61 Å². The summed E-state index contributed by atoms with van der Waals surface area (Å²) >= 11 is 8.11. The number of carbonyl (C=O) groups is 1. The van der Waals surface area contributed by atoms with Gasteiger partial charge in [0, 0.05) is 15.0 Å². The van der Waals surface area contributed by atoms with Gasteiger partial charge >= 0.3 is 5.97 Å². The summed E-state index contributed by atoms with van der Waals surface area (Å²) in [6, 6.07) is 5.68. The van der Waals surface area contributed by atoms with Crippen molar-refractivity contribution in [1.82, 2.24) is 0 Å². The Hall–Kier alpha value is -0.290. The third-order valence-corrected chi connectivity index (χ3v) is 3.20. The summed E-state index contributed by atoms with van der Waals surface area (Å²) in [6.45, 7) is 2.24. The summed E-state index contributed by atoms with van der Waals surface area (Å²) in [6.07, 6.45) is 1.09. The van der Waals surface area contributed by atoms with Crippen LogP contribution in [0.2, 0.25) is 5.02 Å². The number of aryl methyl sites for hydroxylation is 1. The van der Waals surface area contributed by atoms with Crippen LogP contribution in [0.1, 0.15) is 18.9 Å². The zero-order valence-electron chi connectivity index (χ0n) is 8.43. The van der Waals surface area contributed by atoms with Crippen LogP contribution in [0.4, 0.5) is 0 Å². The first-order valence-corrected chi connectivity index (χ1v) is 6.18. The van der Waals surface area contributed by atoms with Gasteiger partial charge in [-0.2, -0.15) is 0 Å². The summed E-state index contributed by atoms with van der Waals surface area (Å²) in [5.41, 5.74) is 1.09. The summed E-state index contributed by atoms with van der Waals surface area (Å²) in [5.74, 6) is -0.159. The Kier molecular flexibility index (Phi) is 5.39. The third-order valence-electron chi connectivity index (χ3n) is 1.91. The Bertz CT molecular complexity index is 352. The lowest BCUT2D eigenvalue weighted by Crippen LogP contribution is -2.05. The van der Waals surface area contributed by atoms with Gasteiger partial charge in [-0.05, 0) is 59.7 Å². The minimum Gasteiger partial charge on any atom is -0.466 e. The van der Waals surface area contributed by atoms with E-state index in [-0.39, 0.29) is 5.97 Å². The summed E-state index contributed by atoms with van der Waals surface area (Å²) in [4.78, 5) is 11.2. The van der Waals surface area contributed by atoms with Gasteiger partial charge in [-0.1, -0.05) is 11.6 Å². The predicted molar refractivity (Wildman–Crippen MR) is 69.1 cm³/mol. The third kappa shape index (κ3) is 4.38. The number of ether oxygens (including phenoxy) is 1. The van der Waals surface area contributed by atoms with Crippen molar-refractivity contribution in [2.75, 3.05) is 6.61 Å². The van der Waals surface area contributed by atoms with Crippen LogP contribution in [-0.4, -0.2) is 12.6 Å². The molecule has 0 radical (unpaired) electrons. The Morgan fingerprint density at radius 1 is 1.53 bits per heavy atom. The average molecular weight is 339 g/mol. The SMILES string of the molecule is CCOC(=O)CCc1cc(Cl)ccc1I. The molecule has 4 heteroatoms. The van der Waals surface area contributed by atoms with E-state index in [1.165, 1.54) is 0 Å². The van der Waals surface area contributed by atoms with E-state index in [0.717, 1.165) is 9.13 Å². The van der Waals surface area contributed by atoms with Crippen molar-refractivity contribution in [1.29, 1.82) is 0 Å². The molecule has 82 valence electrons. The number of carbonyl (C=O) groups excluding carboxylic acids is 1. The quantitative estimate of drug-likeness (QED) is 0.621. The highest BCUT2D eigenvalue weighted by Gasteiger charge is 2.05. The lowest BCUT2D eigenvalue weighted by molar-refractivity contribution is -0.143. The number of halogens is 2. The zero-order chi connectivity index (χ0) is 11.3.